The second-order valence-electron chi connectivity index (χ2n) is 10.7. The van der Waals surface area contributed by atoms with E-state index in [4.69, 9.17) is 4.74 Å². The van der Waals surface area contributed by atoms with Crippen LogP contribution in [0.15, 0.2) is 54.6 Å². The molecule has 2 heteroatoms. The Bertz CT molecular complexity index is 794. The average molecular weight is 437 g/mol. The molecule has 3 rings (SSSR count). The Morgan fingerprint density at radius 2 is 1.59 bits per heavy atom. The molecule has 0 bridgehead atoms. The predicted octanol–water partition coefficient (Wildman–Crippen LogP) is 7.67. The fourth-order valence-electron chi connectivity index (χ4n) is 5.81. The van der Waals surface area contributed by atoms with Crippen LogP contribution in [0.25, 0.3) is 0 Å². The third-order valence-electron chi connectivity index (χ3n) is 9.11. The first kappa shape index (κ1) is 24.8. The highest BCUT2D eigenvalue weighted by molar-refractivity contribution is 5.78. The van der Waals surface area contributed by atoms with E-state index in [1.54, 1.807) is 0 Å². The first-order valence-corrected chi connectivity index (χ1v) is 12.9. The predicted molar refractivity (Wildman–Crippen MR) is 134 cm³/mol. The molecule has 10 atom stereocenters. The number of hydrogen-bond acceptors (Lipinski definition) is 2. The molecule has 0 aliphatic heterocycles. The first-order valence-electron chi connectivity index (χ1n) is 12.9. The van der Waals surface area contributed by atoms with Crippen molar-refractivity contribution in [2.45, 2.75) is 73.3 Å². The Morgan fingerprint density at radius 3 is 2.19 bits per heavy atom. The Morgan fingerprint density at radius 1 is 0.938 bits per heavy atom. The van der Waals surface area contributed by atoms with Gasteiger partial charge < -0.3 is 4.74 Å². The summed E-state index contributed by atoms with van der Waals surface area (Å²) in [5, 5.41) is 0. The van der Waals surface area contributed by atoms with Crippen LogP contribution in [-0.4, -0.2) is 12.1 Å². The Hall–Kier alpha value is -1.83. The van der Waals surface area contributed by atoms with Crippen molar-refractivity contribution in [1.82, 2.24) is 0 Å². The quantitative estimate of drug-likeness (QED) is 0.352. The van der Waals surface area contributed by atoms with Gasteiger partial charge in [0.05, 0.1) is 5.92 Å². The van der Waals surface area contributed by atoms with Gasteiger partial charge in [0.2, 0.25) is 0 Å². The summed E-state index contributed by atoms with van der Waals surface area (Å²) in [6.07, 6.45) is 10.9. The van der Waals surface area contributed by atoms with Gasteiger partial charge in [-0.25, -0.2) is 0 Å². The van der Waals surface area contributed by atoms with Gasteiger partial charge in [-0.3, -0.25) is 4.79 Å². The molecule has 1 aromatic rings. The fourth-order valence-corrected chi connectivity index (χ4v) is 5.81. The van der Waals surface area contributed by atoms with E-state index in [-0.39, 0.29) is 23.9 Å². The normalized spacial score (nSPS) is 30.1. The molecular formula is C30H44O2. The van der Waals surface area contributed by atoms with Gasteiger partial charge in [-0.2, -0.15) is 0 Å². The van der Waals surface area contributed by atoms with Crippen molar-refractivity contribution >= 4 is 5.97 Å². The van der Waals surface area contributed by atoms with Crippen LogP contribution in [0, 0.1) is 47.3 Å². The maximum absolute atomic E-state index is 13.4. The van der Waals surface area contributed by atoms with Crippen molar-refractivity contribution in [1.29, 1.82) is 0 Å². The minimum absolute atomic E-state index is 0.000911. The molecule has 0 N–H and O–H groups in total. The van der Waals surface area contributed by atoms with E-state index in [1.165, 1.54) is 12.0 Å². The molecule has 176 valence electrons. The molecule has 32 heavy (non-hydrogen) atoms. The smallest absolute Gasteiger partial charge is 0.310 e. The van der Waals surface area contributed by atoms with Gasteiger partial charge in [-0.15, -0.1) is 0 Å². The summed E-state index contributed by atoms with van der Waals surface area (Å²) in [6, 6.07) is 10.5. The molecule has 0 saturated heterocycles. The van der Waals surface area contributed by atoms with E-state index in [1.807, 2.05) is 6.07 Å². The van der Waals surface area contributed by atoms with Crippen LogP contribution < -0.4 is 0 Å². The van der Waals surface area contributed by atoms with Gasteiger partial charge in [0.15, 0.2) is 0 Å². The first-order chi connectivity index (χ1) is 15.3. The highest BCUT2D eigenvalue weighted by atomic mass is 16.5. The molecule has 0 radical (unpaired) electrons. The van der Waals surface area contributed by atoms with E-state index in [0.29, 0.717) is 41.4 Å². The van der Waals surface area contributed by atoms with E-state index < -0.39 is 0 Å². The highest BCUT2D eigenvalue weighted by Crippen LogP contribution is 2.60. The fraction of sp³-hybridized carbons (Fsp3) is 0.633. The largest absolute Gasteiger partial charge is 0.462 e. The van der Waals surface area contributed by atoms with Crippen LogP contribution in [0.1, 0.15) is 72.8 Å². The zero-order chi connectivity index (χ0) is 23.4. The Labute approximate surface area is 196 Å². The number of carbonyl (C=O) groups is 1. The molecule has 0 amide bonds. The van der Waals surface area contributed by atoms with Gasteiger partial charge in [0, 0.05) is 5.92 Å². The van der Waals surface area contributed by atoms with E-state index in [0.717, 1.165) is 6.42 Å². The SMILES string of the molecule is CCC(C)C(C)C(C)C(C)C(C)C(C)OC(=O)[C@H]1[C@H](c2ccccc2)[C@H]1C1C=CC=CC1. The second kappa shape index (κ2) is 10.9. The summed E-state index contributed by atoms with van der Waals surface area (Å²) in [6.45, 7) is 16.1. The molecule has 0 aromatic heterocycles. The lowest BCUT2D eigenvalue weighted by Gasteiger charge is -2.35. The Balaban J connectivity index is 1.66. The third-order valence-corrected chi connectivity index (χ3v) is 9.11. The summed E-state index contributed by atoms with van der Waals surface area (Å²) < 4.78 is 6.17. The van der Waals surface area contributed by atoms with Crippen molar-refractivity contribution in [2.75, 3.05) is 0 Å². The molecule has 2 aliphatic rings. The number of rotatable bonds is 10. The van der Waals surface area contributed by atoms with Gasteiger partial charge in [-0.05, 0) is 60.3 Å². The van der Waals surface area contributed by atoms with Gasteiger partial charge in [-0.1, -0.05) is 103 Å². The molecule has 2 nitrogen and oxygen atoms in total. The van der Waals surface area contributed by atoms with Crippen molar-refractivity contribution in [3.05, 3.63) is 60.2 Å². The number of ether oxygens (including phenoxy) is 1. The monoisotopic (exact) mass is 436 g/mol. The van der Waals surface area contributed by atoms with Crippen molar-refractivity contribution in [2.24, 2.45) is 47.3 Å². The Kier molecular flexibility index (Phi) is 8.42. The number of benzene rings is 1. The summed E-state index contributed by atoms with van der Waals surface area (Å²) in [5.41, 5.74) is 1.27. The second-order valence-corrected chi connectivity index (χ2v) is 10.7. The van der Waals surface area contributed by atoms with Crippen LogP contribution in [0.4, 0.5) is 0 Å². The third kappa shape index (κ3) is 5.38. The molecule has 0 heterocycles. The number of allylic oxidation sites excluding steroid dienone is 4. The number of carbonyl (C=O) groups excluding carboxylic acids is 1. The van der Waals surface area contributed by atoms with Crippen molar-refractivity contribution in [3.8, 4) is 0 Å². The maximum atomic E-state index is 13.4. The molecule has 1 aromatic carbocycles. The molecular weight excluding hydrogens is 392 g/mol. The standard InChI is InChI=1S/C30H44O2/c1-8-19(2)20(3)21(4)22(5)23(6)24(7)32-30(31)29-27(25-15-11-9-12-16-25)28(29)26-17-13-10-14-18-26/h9-17,19-24,26-29H,8,18H2,1-7H3/t19?,20?,21?,22?,23?,24?,26?,27-,28-,29+/m1/s1. The summed E-state index contributed by atoms with van der Waals surface area (Å²) in [7, 11) is 0. The minimum Gasteiger partial charge on any atom is -0.462 e. The lowest BCUT2D eigenvalue weighted by Crippen LogP contribution is -2.33. The summed E-state index contributed by atoms with van der Waals surface area (Å²) in [5.74, 6) is 3.84. The molecule has 1 fully saturated rings. The lowest BCUT2D eigenvalue weighted by atomic mass is 9.72. The van der Waals surface area contributed by atoms with Crippen molar-refractivity contribution in [3.63, 3.8) is 0 Å². The summed E-state index contributed by atoms with van der Waals surface area (Å²) in [4.78, 5) is 13.4. The minimum atomic E-state index is -0.0662. The van der Waals surface area contributed by atoms with E-state index in [2.05, 4.69) is 97.0 Å². The van der Waals surface area contributed by atoms with Crippen LogP contribution in [0.3, 0.4) is 0 Å². The molecule has 2 aliphatic carbocycles. The highest BCUT2D eigenvalue weighted by Gasteiger charge is 2.59. The van der Waals surface area contributed by atoms with E-state index in [9.17, 15) is 4.79 Å². The average Bonchev–Trinajstić information content (AvgIpc) is 3.58. The van der Waals surface area contributed by atoms with Gasteiger partial charge in [0.1, 0.15) is 6.10 Å². The van der Waals surface area contributed by atoms with Crippen molar-refractivity contribution < 1.29 is 9.53 Å². The zero-order valence-corrected chi connectivity index (χ0v) is 21.2. The number of esters is 1. The lowest BCUT2D eigenvalue weighted by molar-refractivity contribution is -0.154. The van der Waals surface area contributed by atoms with Crippen LogP contribution >= 0.6 is 0 Å². The molecule has 1 saturated carbocycles. The van der Waals surface area contributed by atoms with Crippen LogP contribution in [-0.2, 0) is 9.53 Å². The van der Waals surface area contributed by atoms with Crippen LogP contribution in [0.5, 0.6) is 0 Å². The summed E-state index contributed by atoms with van der Waals surface area (Å²) >= 11 is 0. The van der Waals surface area contributed by atoms with E-state index >= 15 is 0 Å². The maximum Gasteiger partial charge on any atom is 0.310 e. The zero-order valence-electron chi connectivity index (χ0n) is 21.2. The van der Waals surface area contributed by atoms with Crippen LogP contribution in [0.2, 0.25) is 0 Å². The van der Waals surface area contributed by atoms with Gasteiger partial charge in [0.25, 0.3) is 0 Å². The van der Waals surface area contributed by atoms with Gasteiger partial charge >= 0.3 is 5.97 Å². The molecule has 7 unspecified atom stereocenters. The number of hydrogen-bond donors (Lipinski definition) is 0. The molecule has 0 spiro atoms. The topological polar surface area (TPSA) is 26.3 Å².